The maximum absolute atomic E-state index is 11.5. The van der Waals surface area contributed by atoms with E-state index >= 15 is 0 Å². The van der Waals surface area contributed by atoms with Gasteiger partial charge in [0.2, 0.25) is 0 Å². The first-order valence-corrected chi connectivity index (χ1v) is 11.0. The predicted molar refractivity (Wildman–Crippen MR) is 121 cm³/mol. The minimum atomic E-state index is -0.275. The fraction of sp³-hybridized carbons (Fsp3) is 0.409. The van der Waals surface area contributed by atoms with Gasteiger partial charge in [-0.1, -0.05) is 23.2 Å². The largest absolute Gasteiger partial charge is 0.469 e. The lowest BCUT2D eigenvalue weighted by Gasteiger charge is -2.28. The Balaban J connectivity index is 1.65. The molecule has 0 radical (unpaired) electrons. The van der Waals surface area contributed by atoms with Crippen LogP contribution in [-0.2, 0) is 14.3 Å². The zero-order valence-electron chi connectivity index (χ0n) is 17.4. The van der Waals surface area contributed by atoms with Crippen LogP contribution in [0.1, 0.15) is 26.2 Å². The van der Waals surface area contributed by atoms with E-state index in [4.69, 9.17) is 37.7 Å². The van der Waals surface area contributed by atoms with Crippen molar-refractivity contribution < 1.29 is 14.3 Å². The van der Waals surface area contributed by atoms with Crippen molar-refractivity contribution >= 4 is 45.9 Å². The van der Waals surface area contributed by atoms with E-state index in [1.165, 1.54) is 7.11 Å². The lowest BCUT2D eigenvalue weighted by Crippen LogP contribution is -2.35. The highest BCUT2D eigenvalue weighted by Crippen LogP contribution is 2.36. The molecule has 0 N–H and O–H groups in total. The van der Waals surface area contributed by atoms with Gasteiger partial charge in [0.05, 0.1) is 59.9 Å². The third-order valence-corrected chi connectivity index (χ3v) is 6.34. The molecule has 0 amide bonds. The molecule has 1 unspecified atom stereocenters. The van der Waals surface area contributed by atoms with Gasteiger partial charge >= 0.3 is 5.97 Å². The quantitative estimate of drug-likeness (QED) is 0.475. The summed E-state index contributed by atoms with van der Waals surface area (Å²) in [7, 11) is 1.38. The molecule has 7 nitrogen and oxygen atoms in total. The van der Waals surface area contributed by atoms with E-state index in [-0.39, 0.29) is 24.5 Å². The molecule has 1 fully saturated rings. The van der Waals surface area contributed by atoms with Crippen molar-refractivity contribution in [3.8, 4) is 5.69 Å². The van der Waals surface area contributed by atoms with E-state index in [9.17, 15) is 4.79 Å². The molecule has 0 spiro atoms. The molecule has 1 aromatic carbocycles. The van der Waals surface area contributed by atoms with Gasteiger partial charge in [-0.25, -0.2) is 9.97 Å². The Morgan fingerprint density at radius 2 is 2.19 bits per heavy atom. The van der Waals surface area contributed by atoms with Crippen LogP contribution in [0.15, 0.2) is 36.9 Å². The number of anilines is 1. The van der Waals surface area contributed by atoms with Crippen molar-refractivity contribution in [2.24, 2.45) is 0 Å². The topological polar surface area (TPSA) is 69.5 Å². The van der Waals surface area contributed by atoms with Gasteiger partial charge in [0.25, 0.3) is 0 Å². The number of nitrogens with zero attached hydrogens (tertiary/aromatic N) is 4. The molecule has 3 heterocycles. The van der Waals surface area contributed by atoms with Crippen molar-refractivity contribution in [1.29, 1.82) is 0 Å². The van der Waals surface area contributed by atoms with E-state index in [2.05, 4.69) is 9.88 Å². The second-order valence-electron chi connectivity index (χ2n) is 7.64. The highest BCUT2D eigenvalue weighted by atomic mass is 35.5. The maximum atomic E-state index is 11.5. The Labute approximate surface area is 190 Å². The maximum Gasteiger partial charge on any atom is 0.308 e. The van der Waals surface area contributed by atoms with Crippen LogP contribution in [0, 0.1) is 0 Å². The molecule has 31 heavy (non-hydrogen) atoms. The third kappa shape index (κ3) is 4.63. The Kier molecular flexibility index (Phi) is 6.65. The Morgan fingerprint density at radius 3 is 2.94 bits per heavy atom. The number of aromatic nitrogens is 3. The van der Waals surface area contributed by atoms with Crippen molar-refractivity contribution in [3.05, 3.63) is 47.0 Å². The van der Waals surface area contributed by atoms with Gasteiger partial charge in [0, 0.05) is 30.4 Å². The SMILES string of the molecule is COC(=O)CC(C)OC[C@@H]1CCCN1c1cc(-n2ccnc2)c2ccc(Cl)c(Cl)c2n1. The predicted octanol–water partition coefficient (Wildman–Crippen LogP) is 4.66. The van der Waals surface area contributed by atoms with Gasteiger partial charge in [-0.15, -0.1) is 0 Å². The second kappa shape index (κ2) is 9.42. The summed E-state index contributed by atoms with van der Waals surface area (Å²) in [4.78, 5) is 22.8. The van der Waals surface area contributed by atoms with Gasteiger partial charge in [0.1, 0.15) is 5.82 Å². The molecule has 1 aliphatic heterocycles. The normalized spacial score (nSPS) is 17.3. The van der Waals surface area contributed by atoms with Gasteiger partial charge < -0.3 is 18.9 Å². The average Bonchev–Trinajstić information content (AvgIpc) is 3.46. The van der Waals surface area contributed by atoms with Crippen LogP contribution < -0.4 is 4.90 Å². The highest BCUT2D eigenvalue weighted by molar-refractivity contribution is 6.45. The Hall–Kier alpha value is -2.35. The third-order valence-electron chi connectivity index (χ3n) is 5.55. The molecule has 1 saturated heterocycles. The lowest BCUT2D eigenvalue weighted by atomic mass is 10.1. The summed E-state index contributed by atoms with van der Waals surface area (Å²) >= 11 is 12.8. The first-order chi connectivity index (χ1) is 15.0. The zero-order chi connectivity index (χ0) is 22.0. The molecule has 2 aromatic heterocycles. The fourth-order valence-electron chi connectivity index (χ4n) is 3.93. The summed E-state index contributed by atoms with van der Waals surface area (Å²) in [6, 6.07) is 5.90. The summed E-state index contributed by atoms with van der Waals surface area (Å²) in [5.41, 5.74) is 1.59. The van der Waals surface area contributed by atoms with E-state index in [0.717, 1.165) is 36.3 Å². The second-order valence-corrected chi connectivity index (χ2v) is 8.43. The van der Waals surface area contributed by atoms with E-state index < -0.39 is 0 Å². The number of hydrogen-bond donors (Lipinski definition) is 0. The van der Waals surface area contributed by atoms with Crippen LogP contribution in [-0.4, -0.2) is 52.9 Å². The van der Waals surface area contributed by atoms with Crippen LogP contribution in [0.4, 0.5) is 5.82 Å². The van der Waals surface area contributed by atoms with Crippen molar-refractivity contribution in [2.45, 2.75) is 38.3 Å². The first-order valence-electron chi connectivity index (χ1n) is 10.2. The molecular weight excluding hydrogens is 439 g/mol. The zero-order valence-corrected chi connectivity index (χ0v) is 18.9. The number of carbonyl (C=O) groups is 1. The van der Waals surface area contributed by atoms with Crippen LogP contribution in [0.2, 0.25) is 10.0 Å². The number of pyridine rings is 1. The van der Waals surface area contributed by atoms with E-state index in [1.54, 1.807) is 18.6 Å². The number of halogens is 2. The molecule has 2 atom stereocenters. The van der Waals surface area contributed by atoms with Crippen molar-refractivity contribution in [2.75, 3.05) is 25.2 Å². The molecule has 9 heteroatoms. The van der Waals surface area contributed by atoms with Gasteiger partial charge in [-0.05, 0) is 31.9 Å². The molecule has 0 bridgehead atoms. The van der Waals surface area contributed by atoms with Crippen LogP contribution in [0.5, 0.6) is 0 Å². The Morgan fingerprint density at radius 1 is 1.35 bits per heavy atom. The number of methoxy groups -OCH3 is 1. The van der Waals surface area contributed by atoms with Crippen LogP contribution >= 0.6 is 23.2 Å². The van der Waals surface area contributed by atoms with E-state index in [1.807, 2.05) is 29.8 Å². The molecule has 1 aliphatic rings. The van der Waals surface area contributed by atoms with Crippen molar-refractivity contribution in [1.82, 2.24) is 14.5 Å². The smallest absolute Gasteiger partial charge is 0.308 e. The molecular formula is C22H24Cl2N4O3. The number of esters is 1. The van der Waals surface area contributed by atoms with Gasteiger partial charge in [0.15, 0.2) is 0 Å². The molecule has 0 saturated carbocycles. The number of ether oxygens (including phenoxy) is 2. The lowest BCUT2D eigenvalue weighted by molar-refractivity contribution is -0.143. The standard InChI is InChI=1S/C22H24Cl2N4O3/c1-14(10-20(29)30-2)31-12-15-4-3-8-28(15)19-11-18(27-9-7-25-13-27)16-5-6-17(23)21(24)22(16)26-19/h5-7,9,11,13-15H,3-4,8,10,12H2,1-2H3/t14?,15-/m0/s1. The summed E-state index contributed by atoms with van der Waals surface area (Å²) in [5.74, 6) is 0.538. The monoisotopic (exact) mass is 462 g/mol. The van der Waals surface area contributed by atoms with Crippen LogP contribution in [0.25, 0.3) is 16.6 Å². The van der Waals surface area contributed by atoms with Gasteiger partial charge in [-0.3, -0.25) is 4.79 Å². The summed E-state index contributed by atoms with van der Waals surface area (Å²) < 4.78 is 12.6. The Bertz CT molecular complexity index is 1070. The molecule has 4 rings (SSSR count). The highest BCUT2D eigenvalue weighted by Gasteiger charge is 2.28. The number of carbonyl (C=O) groups excluding carboxylic acids is 1. The van der Waals surface area contributed by atoms with Gasteiger partial charge in [-0.2, -0.15) is 0 Å². The summed E-state index contributed by atoms with van der Waals surface area (Å²) in [6.45, 7) is 3.24. The number of fused-ring (bicyclic) bond motifs is 1. The summed E-state index contributed by atoms with van der Waals surface area (Å²) in [5, 5.41) is 1.80. The number of hydrogen-bond acceptors (Lipinski definition) is 6. The van der Waals surface area contributed by atoms with E-state index in [0.29, 0.717) is 22.2 Å². The molecule has 0 aliphatic carbocycles. The minimum absolute atomic E-state index is 0.152. The van der Waals surface area contributed by atoms with Crippen molar-refractivity contribution in [3.63, 3.8) is 0 Å². The van der Waals surface area contributed by atoms with Crippen LogP contribution in [0.3, 0.4) is 0 Å². The number of rotatable bonds is 7. The minimum Gasteiger partial charge on any atom is -0.469 e. The average molecular weight is 463 g/mol. The molecule has 3 aromatic rings. The molecule has 164 valence electrons. The first kappa shape index (κ1) is 21.9. The fourth-order valence-corrected chi connectivity index (χ4v) is 4.29. The summed E-state index contributed by atoms with van der Waals surface area (Å²) in [6.07, 6.45) is 7.40. The number of benzene rings is 1. The number of imidazole rings is 1.